The van der Waals surface area contributed by atoms with Gasteiger partial charge in [-0.3, -0.25) is 0 Å². The maximum atomic E-state index is 5.33. The van der Waals surface area contributed by atoms with Gasteiger partial charge >= 0.3 is 0 Å². The van der Waals surface area contributed by atoms with E-state index in [1.54, 1.807) is 0 Å². The smallest absolute Gasteiger partial charge is 0.0956 e. The highest BCUT2D eigenvalue weighted by Crippen LogP contribution is 2.42. The van der Waals surface area contributed by atoms with E-state index in [2.05, 4.69) is 187 Å². The Bertz CT molecular complexity index is 2500. The van der Waals surface area contributed by atoms with Crippen LogP contribution in [0.25, 0.3) is 60.9 Å². The van der Waals surface area contributed by atoms with E-state index < -0.39 is 0 Å². The van der Waals surface area contributed by atoms with Gasteiger partial charge in [0.05, 0.1) is 28.3 Å². The summed E-state index contributed by atoms with van der Waals surface area (Å²) >= 11 is 0. The van der Waals surface area contributed by atoms with Crippen LogP contribution >= 0.6 is 0 Å². The summed E-state index contributed by atoms with van der Waals surface area (Å²) in [6.07, 6.45) is 13.0. The molecule has 3 heterocycles. The molecule has 0 fully saturated rings. The molecule has 0 radical (unpaired) electrons. The third kappa shape index (κ3) is 5.01. The second-order valence-corrected chi connectivity index (χ2v) is 13.3. The first-order valence-electron chi connectivity index (χ1n) is 17.2. The Morgan fingerprint density at radius 2 is 1.37 bits per heavy atom. The predicted molar refractivity (Wildman–Crippen MR) is 206 cm³/mol. The highest BCUT2D eigenvalue weighted by atomic mass is 15.1. The molecule has 2 atom stereocenters. The lowest BCUT2D eigenvalue weighted by atomic mass is 9.88. The number of rotatable bonds is 5. The number of aromatic nitrogens is 2. The molecular weight excluding hydrogens is 595 g/mol. The Labute approximate surface area is 287 Å². The van der Waals surface area contributed by atoms with Crippen molar-refractivity contribution in [2.24, 2.45) is 5.92 Å². The van der Waals surface area contributed by atoms with E-state index in [9.17, 15) is 0 Å². The van der Waals surface area contributed by atoms with Crippen LogP contribution in [0, 0.1) is 5.92 Å². The van der Waals surface area contributed by atoms with Gasteiger partial charge in [0.2, 0.25) is 0 Å². The molecule has 1 aliphatic heterocycles. The number of pyridine rings is 1. The summed E-state index contributed by atoms with van der Waals surface area (Å²) in [6, 6.07) is 47.9. The molecule has 3 heteroatoms. The molecule has 5 aromatic carbocycles. The summed E-state index contributed by atoms with van der Waals surface area (Å²) in [6.45, 7) is 2.31. The first-order chi connectivity index (χ1) is 24.1. The summed E-state index contributed by atoms with van der Waals surface area (Å²) < 4.78 is 2.43. The van der Waals surface area contributed by atoms with Crippen LogP contribution in [-0.4, -0.2) is 27.5 Å². The number of para-hydroxylation sites is 2. The zero-order chi connectivity index (χ0) is 32.9. The first kappa shape index (κ1) is 29.2. The number of hydrogen-bond acceptors (Lipinski definition) is 2. The molecule has 0 spiro atoms. The molecule has 2 unspecified atom stereocenters. The lowest BCUT2D eigenvalue weighted by Crippen LogP contribution is -2.33. The third-order valence-corrected chi connectivity index (χ3v) is 10.1. The van der Waals surface area contributed by atoms with Crippen molar-refractivity contribution in [2.45, 2.75) is 19.4 Å². The Kier molecular flexibility index (Phi) is 7.13. The second-order valence-electron chi connectivity index (χ2n) is 13.3. The molecule has 9 rings (SSSR count). The zero-order valence-electron chi connectivity index (χ0n) is 27.8. The highest BCUT2D eigenvalue weighted by Gasteiger charge is 2.26. The van der Waals surface area contributed by atoms with E-state index in [-0.39, 0.29) is 6.04 Å². The molecule has 7 aromatic rings. The summed E-state index contributed by atoms with van der Waals surface area (Å²) in [5, 5.41) is 3.64. The lowest BCUT2D eigenvalue weighted by Gasteiger charge is -2.36. The maximum absolute atomic E-state index is 5.33. The normalized spacial score (nSPS) is 17.8. The molecule has 0 bridgehead atoms. The van der Waals surface area contributed by atoms with Crippen molar-refractivity contribution < 1.29 is 0 Å². The molecule has 1 aliphatic carbocycles. The van der Waals surface area contributed by atoms with E-state index in [1.165, 1.54) is 49.6 Å². The average Bonchev–Trinajstić information content (AvgIpc) is 3.51. The highest BCUT2D eigenvalue weighted by molar-refractivity contribution is 6.23. The van der Waals surface area contributed by atoms with Crippen molar-refractivity contribution in [1.82, 2.24) is 14.5 Å². The van der Waals surface area contributed by atoms with Crippen LogP contribution in [0.1, 0.15) is 24.5 Å². The lowest BCUT2D eigenvalue weighted by molar-refractivity contribution is 0.444. The Balaban J connectivity index is 1.29. The van der Waals surface area contributed by atoms with Crippen molar-refractivity contribution in [2.75, 3.05) is 7.05 Å². The number of nitrogens with zero attached hydrogens (tertiary/aromatic N) is 3. The monoisotopic (exact) mass is 631 g/mol. The van der Waals surface area contributed by atoms with Crippen molar-refractivity contribution >= 4 is 44.0 Å². The number of hydrogen-bond donors (Lipinski definition) is 0. The molecule has 0 N–H and O–H groups in total. The van der Waals surface area contributed by atoms with Crippen LogP contribution in [0.2, 0.25) is 0 Å². The van der Waals surface area contributed by atoms with Crippen molar-refractivity contribution in [1.29, 1.82) is 0 Å². The summed E-state index contributed by atoms with van der Waals surface area (Å²) in [7, 11) is 2.22. The van der Waals surface area contributed by atoms with E-state index in [1.807, 2.05) is 0 Å². The fourth-order valence-corrected chi connectivity index (χ4v) is 7.78. The van der Waals surface area contributed by atoms with Crippen LogP contribution in [0.15, 0.2) is 169 Å². The van der Waals surface area contributed by atoms with E-state index in [0.717, 1.165) is 34.4 Å². The molecule has 2 aromatic heterocycles. The number of likely N-dealkylation sites (N-methyl/N-ethyl adjacent to an activating group) is 1. The molecule has 0 saturated heterocycles. The van der Waals surface area contributed by atoms with E-state index >= 15 is 0 Å². The Morgan fingerprint density at radius 3 is 2.16 bits per heavy atom. The van der Waals surface area contributed by atoms with Gasteiger partial charge < -0.3 is 9.47 Å². The van der Waals surface area contributed by atoms with Gasteiger partial charge in [0.15, 0.2) is 0 Å². The maximum Gasteiger partial charge on any atom is 0.0956 e. The number of benzene rings is 5. The molecule has 0 saturated carbocycles. The zero-order valence-corrected chi connectivity index (χ0v) is 27.8. The quantitative estimate of drug-likeness (QED) is 0.188. The summed E-state index contributed by atoms with van der Waals surface area (Å²) in [5.41, 5.74) is 12.7. The van der Waals surface area contributed by atoms with Gasteiger partial charge in [-0.1, -0.05) is 134 Å². The largest absolute Gasteiger partial charge is 0.364 e. The van der Waals surface area contributed by atoms with Crippen LogP contribution in [0.5, 0.6) is 0 Å². The number of allylic oxidation sites excluding steroid dienone is 4. The van der Waals surface area contributed by atoms with Gasteiger partial charge in [-0.15, -0.1) is 0 Å². The number of fused-ring (bicyclic) bond motifs is 5. The summed E-state index contributed by atoms with van der Waals surface area (Å²) in [5.74, 6) is 0.526. The molecule has 49 heavy (non-hydrogen) atoms. The van der Waals surface area contributed by atoms with Crippen LogP contribution in [-0.2, 0) is 0 Å². The molecule has 3 nitrogen and oxygen atoms in total. The van der Waals surface area contributed by atoms with Gasteiger partial charge in [0.1, 0.15) is 0 Å². The van der Waals surface area contributed by atoms with Crippen molar-refractivity contribution in [3.8, 4) is 16.9 Å². The van der Waals surface area contributed by atoms with Gasteiger partial charge in [-0.2, -0.15) is 0 Å². The Morgan fingerprint density at radius 1 is 0.673 bits per heavy atom. The Hall–Kier alpha value is -5.93. The standard InChI is InChI=1S/C46H37N3/c1-31-15-13-21-35(27-31)43-30-36(29-42(48(43)2)32-16-5-3-6-17-32)34-20-14-22-37(28-34)49-41-26-12-10-24-39(41)44-38-23-9-11-25-40(38)47-45(46(44)49)33-18-7-4-8-19-33/h3-14,16-31,43H,15H2,1-2H3. The molecular formula is C46H37N3. The fourth-order valence-electron chi connectivity index (χ4n) is 7.78. The summed E-state index contributed by atoms with van der Waals surface area (Å²) in [4.78, 5) is 7.75. The van der Waals surface area contributed by atoms with Gasteiger partial charge in [0.25, 0.3) is 0 Å². The topological polar surface area (TPSA) is 21.1 Å². The average molecular weight is 632 g/mol. The third-order valence-electron chi connectivity index (χ3n) is 10.1. The molecule has 236 valence electrons. The van der Waals surface area contributed by atoms with Crippen LogP contribution in [0.3, 0.4) is 0 Å². The van der Waals surface area contributed by atoms with Crippen molar-refractivity contribution in [3.63, 3.8) is 0 Å². The SMILES string of the molecule is CC1C=C(C2C=C(c3cccc(-n4c5ccccc5c5c6ccccc6nc(-c6ccccc6)c54)c3)C=C(c3ccccc3)N2C)C=CC1. The first-order valence-corrected chi connectivity index (χ1v) is 17.2. The minimum absolute atomic E-state index is 0.131. The minimum atomic E-state index is 0.131. The van der Waals surface area contributed by atoms with Gasteiger partial charge in [0, 0.05) is 40.2 Å². The van der Waals surface area contributed by atoms with Crippen molar-refractivity contribution in [3.05, 3.63) is 181 Å². The van der Waals surface area contributed by atoms with Gasteiger partial charge in [-0.25, -0.2) is 4.98 Å². The van der Waals surface area contributed by atoms with Gasteiger partial charge in [-0.05, 0) is 71.0 Å². The van der Waals surface area contributed by atoms with E-state index in [0.29, 0.717) is 5.92 Å². The minimum Gasteiger partial charge on any atom is -0.364 e. The predicted octanol–water partition coefficient (Wildman–Crippen LogP) is 11.3. The fraction of sp³-hybridized carbons (Fsp3) is 0.109. The second kappa shape index (κ2) is 11.9. The van der Waals surface area contributed by atoms with Crippen LogP contribution in [0.4, 0.5) is 0 Å². The van der Waals surface area contributed by atoms with Crippen LogP contribution < -0.4 is 0 Å². The van der Waals surface area contributed by atoms with E-state index in [4.69, 9.17) is 4.98 Å². The molecule has 0 amide bonds. The molecule has 2 aliphatic rings.